The van der Waals surface area contributed by atoms with Crippen molar-refractivity contribution in [1.29, 1.82) is 0 Å². The lowest BCUT2D eigenvalue weighted by Gasteiger charge is -2.13. The van der Waals surface area contributed by atoms with E-state index in [1.54, 1.807) is 4.90 Å². The van der Waals surface area contributed by atoms with Crippen LogP contribution in [0.3, 0.4) is 0 Å². The van der Waals surface area contributed by atoms with Crippen LogP contribution in [0, 0.1) is 6.92 Å². The topological polar surface area (TPSA) is 66.8 Å². The number of aryl methyl sites for hydroxylation is 1. The van der Waals surface area contributed by atoms with E-state index in [-0.39, 0.29) is 12.3 Å². The van der Waals surface area contributed by atoms with E-state index in [0.717, 1.165) is 29.7 Å². The van der Waals surface area contributed by atoms with Gasteiger partial charge < -0.3 is 9.84 Å². The molecule has 5 nitrogen and oxygen atoms in total. The minimum absolute atomic E-state index is 0.0897. The van der Waals surface area contributed by atoms with Gasteiger partial charge in [0.1, 0.15) is 16.7 Å². The molecule has 0 saturated carbocycles. The molecular weight excluding hydrogens is 430 g/mol. The van der Waals surface area contributed by atoms with E-state index < -0.39 is 5.97 Å². The lowest BCUT2D eigenvalue weighted by Crippen LogP contribution is -2.29. The van der Waals surface area contributed by atoms with Crippen LogP contribution in [0.4, 0.5) is 0 Å². The second-order valence-electron chi connectivity index (χ2n) is 7.32. The van der Waals surface area contributed by atoms with Crippen molar-refractivity contribution in [3.63, 3.8) is 0 Å². The average Bonchev–Trinajstić information content (AvgIpc) is 3.01. The van der Waals surface area contributed by atoms with Crippen LogP contribution in [0.1, 0.15) is 42.4 Å². The molecule has 1 heterocycles. The lowest BCUT2D eigenvalue weighted by atomic mass is 10.1. The van der Waals surface area contributed by atoms with Gasteiger partial charge in [0, 0.05) is 13.0 Å². The third-order valence-electron chi connectivity index (χ3n) is 4.98. The molecule has 0 radical (unpaired) electrons. The molecule has 1 saturated heterocycles. The molecule has 2 aromatic rings. The number of hydrogen-bond acceptors (Lipinski definition) is 5. The molecule has 1 N–H and O–H groups in total. The summed E-state index contributed by atoms with van der Waals surface area (Å²) in [5.41, 5.74) is 3.26. The summed E-state index contributed by atoms with van der Waals surface area (Å²) in [5, 5.41) is 8.69. The van der Waals surface area contributed by atoms with E-state index in [1.807, 2.05) is 42.5 Å². The van der Waals surface area contributed by atoms with Crippen molar-refractivity contribution < 1.29 is 19.4 Å². The molecular formula is C24H25NO4S2. The number of ether oxygens (including phenoxy) is 1. The Morgan fingerprint density at radius 2 is 1.87 bits per heavy atom. The molecule has 2 aromatic carbocycles. The standard InChI is InChI=1S/C24H25NO4S2/c1-17-7-4-5-8-19(17)16-29-20-12-10-18(11-13-20)15-21-23(28)25(24(30)31-21)14-6-2-3-9-22(26)27/h4-5,7-8,10-13,15H,2-3,6,9,14,16H2,1H3,(H,26,27)/b21-15-. The molecule has 0 spiro atoms. The number of aliphatic carboxylic acids is 1. The van der Waals surface area contributed by atoms with Gasteiger partial charge in [0.15, 0.2) is 0 Å². The molecule has 0 unspecified atom stereocenters. The maximum absolute atomic E-state index is 12.7. The number of rotatable bonds is 10. The lowest BCUT2D eigenvalue weighted by molar-refractivity contribution is -0.137. The van der Waals surface area contributed by atoms with E-state index in [2.05, 4.69) is 19.1 Å². The molecule has 0 atom stereocenters. The van der Waals surface area contributed by atoms with Crippen LogP contribution in [0.2, 0.25) is 0 Å². The predicted molar refractivity (Wildman–Crippen MR) is 128 cm³/mol. The zero-order chi connectivity index (χ0) is 22.2. The van der Waals surface area contributed by atoms with Crippen molar-refractivity contribution in [2.24, 2.45) is 0 Å². The van der Waals surface area contributed by atoms with Gasteiger partial charge in [0.05, 0.1) is 4.91 Å². The normalized spacial score (nSPS) is 15.0. The van der Waals surface area contributed by atoms with Crippen LogP contribution in [-0.4, -0.2) is 32.7 Å². The van der Waals surface area contributed by atoms with Crippen LogP contribution >= 0.6 is 24.0 Å². The van der Waals surface area contributed by atoms with Crippen molar-refractivity contribution in [1.82, 2.24) is 4.90 Å². The minimum Gasteiger partial charge on any atom is -0.489 e. The van der Waals surface area contributed by atoms with Gasteiger partial charge in [-0.3, -0.25) is 14.5 Å². The van der Waals surface area contributed by atoms with Gasteiger partial charge in [-0.25, -0.2) is 0 Å². The van der Waals surface area contributed by atoms with Gasteiger partial charge in [0.25, 0.3) is 5.91 Å². The second kappa shape index (κ2) is 11.1. The fourth-order valence-electron chi connectivity index (χ4n) is 3.16. The fourth-order valence-corrected chi connectivity index (χ4v) is 4.47. The average molecular weight is 456 g/mol. The Kier molecular flexibility index (Phi) is 8.26. The highest BCUT2D eigenvalue weighted by atomic mass is 32.2. The van der Waals surface area contributed by atoms with E-state index in [0.29, 0.717) is 28.8 Å². The summed E-state index contributed by atoms with van der Waals surface area (Å²) in [6.07, 6.45) is 4.10. The number of thiocarbonyl (C=S) groups is 1. The summed E-state index contributed by atoms with van der Waals surface area (Å²) in [4.78, 5) is 25.5. The molecule has 31 heavy (non-hydrogen) atoms. The molecule has 0 aromatic heterocycles. The molecule has 3 rings (SSSR count). The summed E-state index contributed by atoms with van der Waals surface area (Å²) < 4.78 is 6.42. The summed E-state index contributed by atoms with van der Waals surface area (Å²) >= 11 is 6.66. The maximum Gasteiger partial charge on any atom is 0.303 e. The molecule has 0 aliphatic carbocycles. The van der Waals surface area contributed by atoms with Crippen molar-refractivity contribution in [3.05, 3.63) is 70.1 Å². The quantitative estimate of drug-likeness (QED) is 0.293. The zero-order valence-corrected chi connectivity index (χ0v) is 19.0. The van der Waals surface area contributed by atoms with E-state index >= 15 is 0 Å². The van der Waals surface area contributed by atoms with Crippen LogP contribution in [0.5, 0.6) is 5.75 Å². The smallest absolute Gasteiger partial charge is 0.303 e. The number of carbonyl (C=O) groups excluding carboxylic acids is 1. The van der Waals surface area contributed by atoms with Gasteiger partial charge in [-0.15, -0.1) is 0 Å². The Hall–Kier alpha value is -2.64. The Balaban J connectivity index is 1.54. The van der Waals surface area contributed by atoms with Crippen LogP contribution in [0.15, 0.2) is 53.4 Å². The van der Waals surface area contributed by atoms with Crippen LogP contribution in [0.25, 0.3) is 6.08 Å². The first-order valence-corrected chi connectivity index (χ1v) is 11.4. The third kappa shape index (κ3) is 6.67. The highest BCUT2D eigenvalue weighted by molar-refractivity contribution is 8.26. The Morgan fingerprint density at radius 3 is 2.58 bits per heavy atom. The van der Waals surface area contributed by atoms with Crippen LogP contribution < -0.4 is 4.74 Å². The third-order valence-corrected chi connectivity index (χ3v) is 6.36. The highest BCUT2D eigenvalue weighted by Gasteiger charge is 2.31. The molecule has 7 heteroatoms. The maximum atomic E-state index is 12.7. The summed E-state index contributed by atoms with van der Waals surface area (Å²) in [5.74, 6) is -0.109. The number of amides is 1. The number of carboxylic acids is 1. The summed E-state index contributed by atoms with van der Waals surface area (Å²) in [6.45, 7) is 3.10. The van der Waals surface area contributed by atoms with E-state index in [4.69, 9.17) is 22.1 Å². The van der Waals surface area contributed by atoms with Crippen molar-refractivity contribution in [2.45, 2.75) is 39.2 Å². The summed E-state index contributed by atoms with van der Waals surface area (Å²) in [7, 11) is 0. The molecule has 162 valence electrons. The first-order chi connectivity index (χ1) is 14.9. The predicted octanol–water partition coefficient (Wildman–Crippen LogP) is 5.42. The summed E-state index contributed by atoms with van der Waals surface area (Å²) in [6, 6.07) is 15.8. The van der Waals surface area contributed by atoms with E-state index in [1.165, 1.54) is 17.3 Å². The molecule has 0 bridgehead atoms. The number of thioether (sulfide) groups is 1. The fraction of sp³-hybridized carbons (Fsp3) is 0.292. The number of carbonyl (C=O) groups is 2. The van der Waals surface area contributed by atoms with Gasteiger partial charge in [-0.1, -0.05) is 66.8 Å². The Morgan fingerprint density at radius 1 is 1.13 bits per heavy atom. The first kappa shape index (κ1) is 23.0. The van der Waals surface area contributed by atoms with Gasteiger partial charge in [0.2, 0.25) is 0 Å². The van der Waals surface area contributed by atoms with Crippen LogP contribution in [-0.2, 0) is 16.2 Å². The monoisotopic (exact) mass is 455 g/mol. The number of hydrogen-bond donors (Lipinski definition) is 1. The molecule has 1 aliphatic heterocycles. The van der Waals surface area contributed by atoms with Gasteiger partial charge in [-0.2, -0.15) is 0 Å². The van der Waals surface area contributed by atoms with Crippen molar-refractivity contribution >= 4 is 46.3 Å². The molecule has 1 amide bonds. The van der Waals surface area contributed by atoms with E-state index in [9.17, 15) is 9.59 Å². The largest absolute Gasteiger partial charge is 0.489 e. The highest BCUT2D eigenvalue weighted by Crippen LogP contribution is 2.33. The Bertz CT molecular complexity index is 985. The minimum atomic E-state index is -0.792. The number of carboxylic acid groups (broad SMARTS) is 1. The zero-order valence-electron chi connectivity index (χ0n) is 17.4. The molecule has 1 fully saturated rings. The number of unbranched alkanes of at least 4 members (excludes halogenated alkanes) is 2. The van der Waals surface area contributed by atoms with Gasteiger partial charge in [-0.05, 0) is 54.7 Å². The van der Waals surface area contributed by atoms with Crippen molar-refractivity contribution in [2.75, 3.05) is 6.54 Å². The SMILES string of the molecule is Cc1ccccc1COc1ccc(/C=C2\SC(=S)N(CCCCCC(=O)O)C2=O)cc1. The van der Waals surface area contributed by atoms with Crippen molar-refractivity contribution in [3.8, 4) is 5.75 Å². The molecule has 1 aliphatic rings. The Labute approximate surface area is 192 Å². The number of benzene rings is 2. The number of nitrogens with zero attached hydrogens (tertiary/aromatic N) is 1. The second-order valence-corrected chi connectivity index (χ2v) is 9.00. The van der Waals surface area contributed by atoms with Gasteiger partial charge >= 0.3 is 5.97 Å². The first-order valence-electron chi connectivity index (χ1n) is 10.2.